The van der Waals surface area contributed by atoms with Crippen molar-refractivity contribution in [2.24, 2.45) is 0 Å². The van der Waals surface area contributed by atoms with Crippen LogP contribution >= 0.6 is 0 Å². The normalized spacial score (nSPS) is 13.8. The first-order valence-electron chi connectivity index (χ1n) is 8.28. The Morgan fingerprint density at radius 3 is 2.48 bits per heavy atom. The predicted molar refractivity (Wildman–Crippen MR) is 97.6 cm³/mol. The largest absolute Gasteiger partial charge is 0.497 e. The van der Waals surface area contributed by atoms with E-state index in [0.29, 0.717) is 13.1 Å². The number of piperazine rings is 1. The summed E-state index contributed by atoms with van der Waals surface area (Å²) in [5.41, 5.74) is 3.15. The highest BCUT2D eigenvalue weighted by molar-refractivity contribution is 5.94. The zero-order valence-corrected chi connectivity index (χ0v) is 14.5. The fraction of sp³-hybridized carbons (Fsp3) is 0.300. The van der Waals surface area contributed by atoms with E-state index in [2.05, 4.69) is 28.6 Å². The molecule has 2 aromatic rings. The Hall–Kier alpha value is -3.00. The highest BCUT2D eigenvalue weighted by atomic mass is 16.5. The fourth-order valence-electron chi connectivity index (χ4n) is 2.85. The first-order chi connectivity index (χ1) is 12.2. The van der Waals surface area contributed by atoms with Crippen LogP contribution in [-0.2, 0) is 4.79 Å². The lowest BCUT2D eigenvalue weighted by atomic mass is 10.2. The summed E-state index contributed by atoms with van der Waals surface area (Å²) in [7, 11) is 1.62. The van der Waals surface area contributed by atoms with E-state index in [-0.39, 0.29) is 5.91 Å². The van der Waals surface area contributed by atoms with E-state index in [4.69, 9.17) is 4.74 Å². The Morgan fingerprint density at radius 1 is 1.12 bits per heavy atom. The van der Waals surface area contributed by atoms with Crippen LogP contribution in [-0.4, -0.2) is 49.1 Å². The van der Waals surface area contributed by atoms with Gasteiger partial charge in [0.25, 0.3) is 5.91 Å². The Kier molecular flexibility index (Phi) is 5.20. The van der Waals surface area contributed by atoms with Crippen LogP contribution < -0.4 is 9.64 Å². The van der Waals surface area contributed by atoms with Gasteiger partial charge >= 0.3 is 0 Å². The summed E-state index contributed by atoms with van der Waals surface area (Å²) in [5, 5.41) is 0. The van der Waals surface area contributed by atoms with Gasteiger partial charge in [0, 0.05) is 55.7 Å². The molecule has 0 aliphatic carbocycles. The van der Waals surface area contributed by atoms with Crippen molar-refractivity contribution in [2.75, 3.05) is 38.2 Å². The van der Waals surface area contributed by atoms with Crippen LogP contribution in [0.2, 0.25) is 0 Å². The number of hydrogen-bond donors (Lipinski definition) is 0. The lowest BCUT2D eigenvalue weighted by molar-refractivity contribution is -0.125. The summed E-state index contributed by atoms with van der Waals surface area (Å²) in [6.07, 6.45) is 3.67. The summed E-state index contributed by atoms with van der Waals surface area (Å²) in [6, 6.07) is 9.40. The van der Waals surface area contributed by atoms with Gasteiger partial charge in [0.05, 0.1) is 7.11 Å². The molecule has 0 bridgehead atoms. The third kappa shape index (κ3) is 4.10. The van der Waals surface area contributed by atoms with Crippen molar-refractivity contribution in [1.82, 2.24) is 9.88 Å². The van der Waals surface area contributed by atoms with Gasteiger partial charge in [0.1, 0.15) is 5.75 Å². The average Bonchev–Trinajstić information content (AvgIpc) is 2.67. The van der Waals surface area contributed by atoms with Gasteiger partial charge in [-0.1, -0.05) is 5.92 Å². The number of rotatable bonds is 2. The molecule has 1 aromatic heterocycles. The number of anilines is 1. The second-order valence-electron chi connectivity index (χ2n) is 5.92. The minimum absolute atomic E-state index is 0.123. The average molecular weight is 335 g/mol. The zero-order chi connectivity index (χ0) is 17.6. The number of pyridine rings is 1. The number of carbonyl (C=O) groups is 1. The smallest absolute Gasteiger partial charge is 0.298 e. The first-order valence-corrected chi connectivity index (χ1v) is 8.28. The van der Waals surface area contributed by atoms with Crippen molar-refractivity contribution in [3.8, 4) is 17.6 Å². The highest BCUT2D eigenvalue weighted by Crippen LogP contribution is 2.19. The maximum Gasteiger partial charge on any atom is 0.298 e. The van der Waals surface area contributed by atoms with Crippen molar-refractivity contribution in [2.45, 2.75) is 6.92 Å². The van der Waals surface area contributed by atoms with Crippen LogP contribution in [0.4, 0.5) is 5.69 Å². The van der Waals surface area contributed by atoms with Crippen molar-refractivity contribution < 1.29 is 9.53 Å². The van der Waals surface area contributed by atoms with E-state index in [0.717, 1.165) is 30.0 Å². The number of carbonyl (C=O) groups excluding carboxylic acids is 1. The Bertz CT molecular complexity index is 798. The number of ether oxygens (including phenoxy) is 1. The molecule has 0 saturated carbocycles. The molecular formula is C20H21N3O2. The molecule has 0 radical (unpaired) electrons. The summed E-state index contributed by atoms with van der Waals surface area (Å²) >= 11 is 0. The number of amides is 1. The summed E-state index contributed by atoms with van der Waals surface area (Å²) in [5.74, 6) is 6.32. The number of hydrogen-bond acceptors (Lipinski definition) is 4. The molecule has 2 heterocycles. The van der Waals surface area contributed by atoms with E-state index in [1.54, 1.807) is 13.3 Å². The third-order valence-electron chi connectivity index (χ3n) is 4.30. The fourth-order valence-corrected chi connectivity index (χ4v) is 2.85. The number of aromatic nitrogens is 1. The molecule has 1 saturated heterocycles. The second-order valence-corrected chi connectivity index (χ2v) is 5.92. The Labute approximate surface area is 148 Å². The van der Waals surface area contributed by atoms with Crippen LogP contribution in [0.3, 0.4) is 0 Å². The van der Waals surface area contributed by atoms with Crippen LogP contribution in [0.15, 0.2) is 42.7 Å². The van der Waals surface area contributed by atoms with Crippen LogP contribution in [0.25, 0.3) is 0 Å². The van der Waals surface area contributed by atoms with Crippen LogP contribution in [0, 0.1) is 18.8 Å². The maximum atomic E-state index is 12.3. The topological polar surface area (TPSA) is 45.7 Å². The van der Waals surface area contributed by atoms with Crippen molar-refractivity contribution in [3.63, 3.8) is 0 Å². The van der Waals surface area contributed by atoms with E-state index in [1.165, 1.54) is 5.69 Å². The SMILES string of the molecule is COc1ccc(C#CC(=O)N2CCN(c3ccncc3C)CC2)cc1. The lowest BCUT2D eigenvalue weighted by Gasteiger charge is -2.35. The van der Waals surface area contributed by atoms with Gasteiger partial charge in [-0.15, -0.1) is 0 Å². The number of benzene rings is 1. The van der Waals surface area contributed by atoms with Crippen molar-refractivity contribution >= 4 is 11.6 Å². The predicted octanol–water partition coefficient (Wildman–Crippen LogP) is 2.10. The van der Waals surface area contributed by atoms with Gasteiger partial charge in [-0.05, 0) is 42.8 Å². The number of methoxy groups -OCH3 is 1. The quantitative estimate of drug-likeness (QED) is 0.789. The molecular weight excluding hydrogens is 314 g/mol. The minimum atomic E-state index is -0.123. The summed E-state index contributed by atoms with van der Waals surface area (Å²) in [4.78, 5) is 20.5. The first kappa shape index (κ1) is 16.8. The van der Waals surface area contributed by atoms with Crippen LogP contribution in [0.1, 0.15) is 11.1 Å². The third-order valence-corrected chi connectivity index (χ3v) is 4.30. The van der Waals surface area contributed by atoms with E-state index < -0.39 is 0 Å². The zero-order valence-electron chi connectivity index (χ0n) is 14.5. The van der Waals surface area contributed by atoms with Gasteiger partial charge in [0.2, 0.25) is 0 Å². The molecule has 5 nitrogen and oxygen atoms in total. The molecule has 128 valence electrons. The molecule has 0 atom stereocenters. The van der Waals surface area contributed by atoms with Crippen molar-refractivity contribution in [3.05, 3.63) is 53.9 Å². The molecule has 1 aliphatic rings. The molecule has 1 aliphatic heterocycles. The van der Waals surface area contributed by atoms with Gasteiger partial charge in [0.15, 0.2) is 0 Å². The van der Waals surface area contributed by atoms with E-state index in [1.807, 2.05) is 41.4 Å². The van der Waals surface area contributed by atoms with E-state index >= 15 is 0 Å². The molecule has 0 N–H and O–H groups in total. The van der Waals surface area contributed by atoms with Gasteiger partial charge in [-0.25, -0.2) is 0 Å². The molecule has 5 heteroatoms. The molecule has 1 fully saturated rings. The lowest BCUT2D eigenvalue weighted by Crippen LogP contribution is -2.48. The van der Waals surface area contributed by atoms with Gasteiger partial charge in [-0.2, -0.15) is 0 Å². The summed E-state index contributed by atoms with van der Waals surface area (Å²) in [6.45, 7) is 5.03. The van der Waals surface area contributed by atoms with Gasteiger partial charge in [-0.3, -0.25) is 9.78 Å². The highest BCUT2D eigenvalue weighted by Gasteiger charge is 2.20. The van der Waals surface area contributed by atoms with E-state index in [9.17, 15) is 4.79 Å². The molecule has 0 spiro atoms. The Balaban J connectivity index is 1.58. The standard InChI is InChI=1S/C20H21N3O2/c1-16-15-21-10-9-19(16)22-11-13-23(14-12-22)20(24)8-5-17-3-6-18(25-2)7-4-17/h3-4,6-7,9-10,15H,11-14H2,1-2H3. The second kappa shape index (κ2) is 7.71. The molecule has 1 aromatic carbocycles. The monoisotopic (exact) mass is 335 g/mol. The Morgan fingerprint density at radius 2 is 1.84 bits per heavy atom. The maximum absolute atomic E-state index is 12.3. The molecule has 25 heavy (non-hydrogen) atoms. The number of nitrogens with zero attached hydrogens (tertiary/aromatic N) is 3. The molecule has 0 unspecified atom stereocenters. The minimum Gasteiger partial charge on any atom is -0.497 e. The molecule has 3 rings (SSSR count). The van der Waals surface area contributed by atoms with Gasteiger partial charge < -0.3 is 14.5 Å². The van der Waals surface area contributed by atoms with Crippen LogP contribution in [0.5, 0.6) is 5.75 Å². The molecule has 1 amide bonds. The number of aryl methyl sites for hydroxylation is 1. The van der Waals surface area contributed by atoms with Crippen molar-refractivity contribution in [1.29, 1.82) is 0 Å². The summed E-state index contributed by atoms with van der Waals surface area (Å²) < 4.78 is 5.11.